The molecule has 1 aromatic rings. The molecule has 0 unspecified atom stereocenters. The molecule has 1 amide bonds. The maximum atomic E-state index is 11.8. The number of carbonyl (C=O) groups excluding carboxylic acids is 1. The first-order valence-corrected chi connectivity index (χ1v) is 7.09. The monoisotopic (exact) mass is 376 g/mol. The number of carbonyl (C=O) groups is 1. The van der Waals surface area contributed by atoms with Crippen LogP contribution in [0.25, 0.3) is 0 Å². The summed E-state index contributed by atoms with van der Waals surface area (Å²) in [6, 6.07) is 6.75. The van der Waals surface area contributed by atoms with Gasteiger partial charge in [0.05, 0.1) is 0 Å². The number of hydrogen-bond acceptors (Lipinski definition) is 2. The number of aliphatic imine (C=N–C) groups is 1. The summed E-state index contributed by atoms with van der Waals surface area (Å²) in [5.41, 5.74) is 6.25. The van der Waals surface area contributed by atoms with Gasteiger partial charge in [-0.1, -0.05) is 24.9 Å². The molecule has 1 rings (SSSR count). The topological polar surface area (TPSA) is 79.5 Å². The summed E-state index contributed by atoms with van der Waals surface area (Å²) < 4.78 is 0. The van der Waals surface area contributed by atoms with Crippen LogP contribution in [0.15, 0.2) is 29.3 Å². The van der Waals surface area contributed by atoms with Crippen molar-refractivity contribution in [2.75, 3.05) is 19.6 Å². The summed E-state index contributed by atoms with van der Waals surface area (Å²) in [6.45, 7) is 3.85. The van der Waals surface area contributed by atoms with E-state index in [1.807, 2.05) is 0 Å². The SMILES string of the molecule is Br.CCCCN=C(N)NCCNC(=O)c1ccc(Cl)cc1. The number of nitrogens with one attached hydrogen (secondary N) is 2. The van der Waals surface area contributed by atoms with E-state index in [9.17, 15) is 4.79 Å². The van der Waals surface area contributed by atoms with Crippen LogP contribution in [-0.4, -0.2) is 31.5 Å². The number of nitrogens with zero attached hydrogens (tertiary/aromatic N) is 1. The molecule has 0 aromatic heterocycles. The Labute approximate surface area is 141 Å². The van der Waals surface area contributed by atoms with Crippen molar-refractivity contribution in [2.24, 2.45) is 10.7 Å². The van der Waals surface area contributed by atoms with E-state index in [4.69, 9.17) is 17.3 Å². The van der Waals surface area contributed by atoms with Gasteiger partial charge in [-0.2, -0.15) is 0 Å². The lowest BCUT2D eigenvalue weighted by atomic mass is 10.2. The lowest BCUT2D eigenvalue weighted by molar-refractivity contribution is 0.0954. The summed E-state index contributed by atoms with van der Waals surface area (Å²) in [5.74, 6) is 0.282. The first-order chi connectivity index (χ1) is 9.63. The fraction of sp³-hybridized carbons (Fsp3) is 0.429. The average Bonchev–Trinajstić information content (AvgIpc) is 2.44. The third kappa shape index (κ3) is 8.57. The van der Waals surface area contributed by atoms with E-state index < -0.39 is 0 Å². The van der Waals surface area contributed by atoms with Crippen LogP contribution in [0, 0.1) is 0 Å². The second-order valence-corrected chi connectivity index (χ2v) is 4.75. The molecule has 0 saturated heterocycles. The van der Waals surface area contributed by atoms with Gasteiger partial charge in [-0.3, -0.25) is 9.79 Å². The Morgan fingerprint density at radius 1 is 1.24 bits per heavy atom. The maximum Gasteiger partial charge on any atom is 0.251 e. The fourth-order valence-corrected chi connectivity index (χ4v) is 1.61. The Bertz CT molecular complexity index is 451. The molecule has 7 heteroatoms. The van der Waals surface area contributed by atoms with Gasteiger partial charge in [0.1, 0.15) is 0 Å². The Hall–Kier alpha value is -1.27. The summed E-state index contributed by atoms with van der Waals surface area (Å²) >= 11 is 5.76. The summed E-state index contributed by atoms with van der Waals surface area (Å²) in [5, 5.41) is 6.35. The Kier molecular flexibility index (Phi) is 10.7. The number of unbranched alkanes of at least 4 members (excludes halogenated alkanes) is 1. The molecule has 1 aromatic carbocycles. The second kappa shape index (κ2) is 11.4. The smallest absolute Gasteiger partial charge is 0.251 e. The fourth-order valence-electron chi connectivity index (χ4n) is 1.48. The lowest BCUT2D eigenvalue weighted by Gasteiger charge is -2.07. The minimum Gasteiger partial charge on any atom is -0.370 e. The molecule has 0 fully saturated rings. The number of benzene rings is 1. The number of guanidine groups is 1. The molecule has 0 spiro atoms. The van der Waals surface area contributed by atoms with Crippen LogP contribution >= 0.6 is 28.6 Å². The standard InChI is InChI=1S/C14H21ClN4O.BrH/c1-2-3-8-18-14(16)19-10-9-17-13(20)11-4-6-12(15)7-5-11;/h4-7H,2-3,8-10H2,1H3,(H,17,20)(H3,16,18,19);1H. The van der Waals surface area contributed by atoms with Crippen LogP contribution in [0.4, 0.5) is 0 Å². The van der Waals surface area contributed by atoms with Crippen molar-refractivity contribution in [3.05, 3.63) is 34.9 Å². The molecule has 118 valence electrons. The Morgan fingerprint density at radius 3 is 2.48 bits per heavy atom. The van der Waals surface area contributed by atoms with Crippen LogP contribution in [0.5, 0.6) is 0 Å². The number of halogens is 2. The van der Waals surface area contributed by atoms with Crippen LogP contribution in [0.3, 0.4) is 0 Å². The molecule has 21 heavy (non-hydrogen) atoms. The molecule has 0 aliphatic rings. The van der Waals surface area contributed by atoms with Crippen molar-refractivity contribution in [2.45, 2.75) is 19.8 Å². The predicted octanol–water partition coefficient (Wildman–Crippen LogP) is 2.35. The molecule has 0 bridgehead atoms. The normalized spacial score (nSPS) is 10.7. The third-order valence-corrected chi connectivity index (χ3v) is 2.87. The zero-order valence-electron chi connectivity index (χ0n) is 12.1. The van der Waals surface area contributed by atoms with Crippen LogP contribution in [-0.2, 0) is 0 Å². The highest BCUT2D eigenvalue weighted by molar-refractivity contribution is 8.93. The minimum absolute atomic E-state index is 0. The van der Waals surface area contributed by atoms with E-state index in [0.717, 1.165) is 19.4 Å². The van der Waals surface area contributed by atoms with E-state index in [1.165, 1.54) is 0 Å². The highest BCUT2D eigenvalue weighted by Crippen LogP contribution is 2.08. The molecule has 0 aliphatic carbocycles. The predicted molar refractivity (Wildman–Crippen MR) is 93.5 cm³/mol. The molecular weight excluding hydrogens is 356 g/mol. The quantitative estimate of drug-likeness (QED) is 0.388. The number of nitrogens with two attached hydrogens (primary N) is 1. The average molecular weight is 378 g/mol. The van der Waals surface area contributed by atoms with Gasteiger partial charge in [0, 0.05) is 30.2 Å². The van der Waals surface area contributed by atoms with Crippen molar-refractivity contribution in [3.63, 3.8) is 0 Å². The summed E-state index contributed by atoms with van der Waals surface area (Å²) in [6.07, 6.45) is 2.11. The third-order valence-electron chi connectivity index (χ3n) is 2.62. The summed E-state index contributed by atoms with van der Waals surface area (Å²) in [7, 11) is 0. The second-order valence-electron chi connectivity index (χ2n) is 4.31. The highest BCUT2D eigenvalue weighted by Gasteiger charge is 2.03. The van der Waals surface area contributed by atoms with Crippen molar-refractivity contribution < 1.29 is 4.79 Å². The number of amides is 1. The van der Waals surface area contributed by atoms with E-state index in [2.05, 4.69) is 22.5 Å². The van der Waals surface area contributed by atoms with Gasteiger partial charge in [-0.25, -0.2) is 0 Å². The van der Waals surface area contributed by atoms with Crippen molar-refractivity contribution in [1.82, 2.24) is 10.6 Å². The minimum atomic E-state index is -0.134. The van der Waals surface area contributed by atoms with Gasteiger partial charge in [0.2, 0.25) is 0 Å². The molecule has 0 heterocycles. The first-order valence-electron chi connectivity index (χ1n) is 6.71. The van der Waals surface area contributed by atoms with Crippen LogP contribution < -0.4 is 16.4 Å². The molecular formula is C14H22BrClN4O. The van der Waals surface area contributed by atoms with Crippen LogP contribution in [0.1, 0.15) is 30.1 Å². The zero-order valence-corrected chi connectivity index (χ0v) is 14.5. The van der Waals surface area contributed by atoms with Gasteiger partial charge < -0.3 is 16.4 Å². The van der Waals surface area contributed by atoms with Gasteiger partial charge >= 0.3 is 0 Å². The van der Waals surface area contributed by atoms with E-state index in [0.29, 0.717) is 29.6 Å². The van der Waals surface area contributed by atoms with Crippen molar-refractivity contribution in [3.8, 4) is 0 Å². The number of hydrogen-bond donors (Lipinski definition) is 3. The molecule has 0 atom stereocenters. The Balaban J connectivity index is 0.00000400. The summed E-state index contributed by atoms with van der Waals surface area (Å²) in [4.78, 5) is 15.9. The van der Waals surface area contributed by atoms with Crippen LogP contribution in [0.2, 0.25) is 5.02 Å². The zero-order chi connectivity index (χ0) is 14.8. The van der Waals surface area contributed by atoms with Crippen molar-refractivity contribution >= 4 is 40.4 Å². The van der Waals surface area contributed by atoms with Gasteiger partial charge in [-0.15, -0.1) is 17.0 Å². The Morgan fingerprint density at radius 2 is 1.86 bits per heavy atom. The number of rotatable bonds is 7. The molecule has 0 radical (unpaired) electrons. The maximum absolute atomic E-state index is 11.8. The van der Waals surface area contributed by atoms with E-state index >= 15 is 0 Å². The first kappa shape index (κ1) is 19.7. The van der Waals surface area contributed by atoms with Gasteiger partial charge in [-0.05, 0) is 30.7 Å². The van der Waals surface area contributed by atoms with E-state index in [1.54, 1.807) is 24.3 Å². The molecule has 5 nitrogen and oxygen atoms in total. The van der Waals surface area contributed by atoms with Crippen molar-refractivity contribution in [1.29, 1.82) is 0 Å². The van der Waals surface area contributed by atoms with Gasteiger partial charge in [0.15, 0.2) is 5.96 Å². The van der Waals surface area contributed by atoms with E-state index in [-0.39, 0.29) is 22.9 Å². The largest absolute Gasteiger partial charge is 0.370 e. The lowest BCUT2D eigenvalue weighted by Crippen LogP contribution is -2.38. The molecule has 0 aliphatic heterocycles. The van der Waals surface area contributed by atoms with Gasteiger partial charge in [0.25, 0.3) is 5.91 Å². The molecule has 4 N–H and O–H groups in total. The highest BCUT2D eigenvalue weighted by atomic mass is 79.9. The molecule has 0 saturated carbocycles.